The SMILES string of the molecule is COc1ccc(O)c(C(C)C(=O)O)c1OC. The maximum absolute atomic E-state index is 10.9. The van der Waals surface area contributed by atoms with E-state index in [-0.39, 0.29) is 17.1 Å². The predicted molar refractivity (Wildman–Crippen MR) is 57.3 cm³/mol. The van der Waals surface area contributed by atoms with Crippen molar-refractivity contribution in [3.8, 4) is 17.2 Å². The summed E-state index contributed by atoms with van der Waals surface area (Å²) in [5.41, 5.74) is 0.217. The number of hydrogen-bond acceptors (Lipinski definition) is 4. The molecule has 2 N–H and O–H groups in total. The highest BCUT2D eigenvalue weighted by molar-refractivity contribution is 5.79. The lowest BCUT2D eigenvalue weighted by molar-refractivity contribution is -0.138. The molecule has 0 fully saturated rings. The number of aliphatic carboxylic acids is 1. The fourth-order valence-corrected chi connectivity index (χ4v) is 1.48. The van der Waals surface area contributed by atoms with Gasteiger partial charge in [-0.15, -0.1) is 0 Å². The smallest absolute Gasteiger partial charge is 0.310 e. The van der Waals surface area contributed by atoms with Crippen molar-refractivity contribution >= 4 is 5.97 Å². The van der Waals surface area contributed by atoms with Crippen molar-refractivity contribution in [2.75, 3.05) is 14.2 Å². The highest BCUT2D eigenvalue weighted by atomic mass is 16.5. The lowest BCUT2D eigenvalue weighted by Gasteiger charge is -2.16. The number of phenolic OH excluding ortho intramolecular Hbond substituents is 1. The molecule has 0 bridgehead atoms. The number of rotatable bonds is 4. The lowest BCUT2D eigenvalue weighted by atomic mass is 9.98. The Balaban J connectivity index is 3.39. The fraction of sp³-hybridized carbons (Fsp3) is 0.364. The molecular weight excluding hydrogens is 212 g/mol. The molecule has 5 heteroatoms. The number of carboxylic acid groups (broad SMARTS) is 1. The Labute approximate surface area is 93.2 Å². The first kappa shape index (κ1) is 12.2. The number of benzene rings is 1. The molecule has 5 nitrogen and oxygen atoms in total. The van der Waals surface area contributed by atoms with Gasteiger partial charge in [0.15, 0.2) is 11.5 Å². The summed E-state index contributed by atoms with van der Waals surface area (Å²) in [4.78, 5) is 10.9. The number of ether oxygens (including phenoxy) is 2. The first-order valence-electron chi connectivity index (χ1n) is 4.69. The first-order chi connectivity index (χ1) is 7.52. The second kappa shape index (κ2) is 4.74. The van der Waals surface area contributed by atoms with Gasteiger partial charge < -0.3 is 19.7 Å². The van der Waals surface area contributed by atoms with Crippen LogP contribution in [0.1, 0.15) is 18.4 Å². The molecule has 88 valence electrons. The van der Waals surface area contributed by atoms with Crippen molar-refractivity contribution < 1.29 is 24.5 Å². The van der Waals surface area contributed by atoms with Crippen LogP contribution in [0.5, 0.6) is 17.2 Å². The molecule has 0 aliphatic carbocycles. The van der Waals surface area contributed by atoms with Gasteiger partial charge in [0.25, 0.3) is 0 Å². The Hall–Kier alpha value is -1.91. The van der Waals surface area contributed by atoms with Gasteiger partial charge in [0.05, 0.1) is 25.7 Å². The molecule has 1 aromatic carbocycles. The van der Waals surface area contributed by atoms with Gasteiger partial charge in [0.1, 0.15) is 5.75 Å². The summed E-state index contributed by atoms with van der Waals surface area (Å²) in [5, 5.41) is 18.6. The van der Waals surface area contributed by atoms with E-state index in [1.807, 2.05) is 0 Å². The minimum absolute atomic E-state index is 0.118. The van der Waals surface area contributed by atoms with Gasteiger partial charge in [-0.25, -0.2) is 0 Å². The number of carbonyl (C=O) groups is 1. The van der Waals surface area contributed by atoms with Crippen LogP contribution in [0.2, 0.25) is 0 Å². The van der Waals surface area contributed by atoms with Crippen LogP contribution in [-0.4, -0.2) is 30.4 Å². The Kier molecular flexibility index (Phi) is 3.60. The molecule has 0 aliphatic heterocycles. The third kappa shape index (κ3) is 2.03. The van der Waals surface area contributed by atoms with Crippen molar-refractivity contribution in [1.82, 2.24) is 0 Å². The van der Waals surface area contributed by atoms with E-state index in [1.54, 1.807) is 0 Å². The van der Waals surface area contributed by atoms with Gasteiger partial charge in [-0.3, -0.25) is 4.79 Å². The van der Waals surface area contributed by atoms with Gasteiger partial charge >= 0.3 is 5.97 Å². The van der Waals surface area contributed by atoms with E-state index in [0.29, 0.717) is 5.75 Å². The average molecular weight is 226 g/mol. The summed E-state index contributed by atoms with van der Waals surface area (Å²) >= 11 is 0. The highest BCUT2D eigenvalue weighted by Crippen LogP contribution is 2.41. The summed E-state index contributed by atoms with van der Waals surface area (Å²) in [5.74, 6) is -1.39. The van der Waals surface area contributed by atoms with Crippen LogP contribution in [0.3, 0.4) is 0 Å². The molecule has 1 unspecified atom stereocenters. The Morgan fingerprint density at radius 3 is 2.38 bits per heavy atom. The van der Waals surface area contributed by atoms with E-state index >= 15 is 0 Å². The van der Waals surface area contributed by atoms with Gasteiger partial charge in [0.2, 0.25) is 0 Å². The second-order valence-electron chi connectivity index (χ2n) is 3.29. The fourth-order valence-electron chi connectivity index (χ4n) is 1.48. The Morgan fingerprint density at radius 1 is 1.31 bits per heavy atom. The molecule has 1 rings (SSSR count). The van der Waals surface area contributed by atoms with Crippen LogP contribution >= 0.6 is 0 Å². The van der Waals surface area contributed by atoms with E-state index in [2.05, 4.69) is 0 Å². The van der Waals surface area contributed by atoms with Crippen LogP contribution in [0.25, 0.3) is 0 Å². The minimum atomic E-state index is -1.04. The van der Waals surface area contributed by atoms with E-state index < -0.39 is 11.9 Å². The maximum Gasteiger partial charge on any atom is 0.310 e. The zero-order chi connectivity index (χ0) is 12.3. The number of phenols is 1. The third-order valence-corrected chi connectivity index (χ3v) is 2.36. The van der Waals surface area contributed by atoms with Crippen LogP contribution in [0, 0.1) is 0 Å². The lowest BCUT2D eigenvalue weighted by Crippen LogP contribution is -2.09. The third-order valence-electron chi connectivity index (χ3n) is 2.36. The van der Waals surface area contributed by atoms with E-state index in [4.69, 9.17) is 14.6 Å². The van der Waals surface area contributed by atoms with Gasteiger partial charge in [0, 0.05) is 0 Å². The molecule has 0 aliphatic rings. The molecule has 0 spiro atoms. The Bertz CT molecular complexity index is 400. The van der Waals surface area contributed by atoms with Gasteiger partial charge in [-0.05, 0) is 19.1 Å². The van der Waals surface area contributed by atoms with Crippen molar-refractivity contribution in [2.24, 2.45) is 0 Å². The molecule has 0 radical (unpaired) electrons. The topological polar surface area (TPSA) is 76.0 Å². The standard InChI is InChI=1S/C11H14O5/c1-6(11(13)14)9-7(12)4-5-8(15-2)10(9)16-3/h4-6,12H,1-3H3,(H,13,14). The molecule has 16 heavy (non-hydrogen) atoms. The monoisotopic (exact) mass is 226 g/mol. The molecule has 0 aromatic heterocycles. The summed E-state index contributed by atoms with van der Waals surface area (Å²) in [6.07, 6.45) is 0. The van der Waals surface area contributed by atoms with E-state index in [1.165, 1.54) is 33.3 Å². The van der Waals surface area contributed by atoms with Crippen molar-refractivity contribution in [3.05, 3.63) is 17.7 Å². The molecule has 0 heterocycles. The van der Waals surface area contributed by atoms with Crippen LogP contribution in [0.4, 0.5) is 0 Å². The largest absolute Gasteiger partial charge is 0.507 e. The van der Waals surface area contributed by atoms with Crippen molar-refractivity contribution in [2.45, 2.75) is 12.8 Å². The van der Waals surface area contributed by atoms with E-state index in [9.17, 15) is 9.90 Å². The summed E-state index contributed by atoms with van der Waals surface area (Å²) in [6, 6.07) is 2.91. The molecule has 0 saturated heterocycles. The van der Waals surface area contributed by atoms with Crippen molar-refractivity contribution in [3.63, 3.8) is 0 Å². The van der Waals surface area contributed by atoms with E-state index in [0.717, 1.165) is 0 Å². The predicted octanol–water partition coefficient (Wildman–Crippen LogP) is 1.60. The van der Waals surface area contributed by atoms with Crippen LogP contribution in [-0.2, 0) is 4.79 Å². The average Bonchev–Trinajstić information content (AvgIpc) is 2.27. The summed E-state index contributed by atoms with van der Waals surface area (Å²) < 4.78 is 10.1. The number of carboxylic acids is 1. The zero-order valence-electron chi connectivity index (χ0n) is 9.35. The summed E-state index contributed by atoms with van der Waals surface area (Å²) in [7, 11) is 2.85. The molecule has 0 amide bonds. The Morgan fingerprint density at radius 2 is 1.94 bits per heavy atom. The van der Waals surface area contributed by atoms with Crippen LogP contribution in [0.15, 0.2) is 12.1 Å². The van der Waals surface area contributed by atoms with Crippen LogP contribution < -0.4 is 9.47 Å². The number of aromatic hydroxyl groups is 1. The molecule has 0 saturated carbocycles. The normalized spacial score (nSPS) is 11.9. The molecular formula is C11H14O5. The molecule has 1 atom stereocenters. The quantitative estimate of drug-likeness (QED) is 0.815. The number of hydrogen-bond donors (Lipinski definition) is 2. The maximum atomic E-state index is 10.9. The molecule has 1 aromatic rings. The summed E-state index contributed by atoms with van der Waals surface area (Å²) in [6.45, 7) is 1.47. The zero-order valence-corrected chi connectivity index (χ0v) is 9.35. The first-order valence-corrected chi connectivity index (χ1v) is 4.69. The minimum Gasteiger partial charge on any atom is -0.507 e. The van der Waals surface area contributed by atoms with Gasteiger partial charge in [-0.1, -0.05) is 0 Å². The second-order valence-corrected chi connectivity index (χ2v) is 3.29. The highest BCUT2D eigenvalue weighted by Gasteiger charge is 2.24. The van der Waals surface area contributed by atoms with Crippen molar-refractivity contribution in [1.29, 1.82) is 0 Å². The number of methoxy groups -OCH3 is 2. The van der Waals surface area contributed by atoms with Gasteiger partial charge in [-0.2, -0.15) is 0 Å².